The van der Waals surface area contributed by atoms with E-state index in [-0.39, 0.29) is 12.1 Å². The van der Waals surface area contributed by atoms with Crippen LogP contribution in [0.3, 0.4) is 0 Å². The summed E-state index contributed by atoms with van der Waals surface area (Å²) in [5.41, 5.74) is 1.29. The van der Waals surface area contributed by atoms with Gasteiger partial charge in [0.25, 0.3) is 0 Å². The summed E-state index contributed by atoms with van der Waals surface area (Å²) in [4.78, 5) is 0. The van der Waals surface area contributed by atoms with E-state index in [9.17, 15) is 5.11 Å². The van der Waals surface area contributed by atoms with Crippen molar-refractivity contribution in [2.75, 3.05) is 0 Å². The lowest BCUT2D eigenvalue weighted by Gasteiger charge is -2.21. The molecule has 0 saturated heterocycles. The molecule has 0 spiro atoms. The molecule has 16 heavy (non-hydrogen) atoms. The smallest absolute Gasteiger partial charge is 0.0693 e. The first kappa shape index (κ1) is 11.6. The molecule has 0 heterocycles. The summed E-state index contributed by atoms with van der Waals surface area (Å²) in [7, 11) is 0. The second-order valence-corrected chi connectivity index (χ2v) is 4.68. The highest BCUT2D eigenvalue weighted by Crippen LogP contribution is 2.18. The minimum absolute atomic E-state index is 0.161. The van der Waals surface area contributed by atoms with E-state index in [0.717, 1.165) is 19.4 Å². The largest absolute Gasteiger partial charge is 0.392 e. The molecule has 2 rings (SSSR count). The van der Waals surface area contributed by atoms with E-state index in [0.29, 0.717) is 0 Å². The first-order valence-electron chi connectivity index (χ1n) is 6.31. The molecule has 1 fully saturated rings. The van der Waals surface area contributed by atoms with E-state index in [4.69, 9.17) is 0 Å². The maximum absolute atomic E-state index is 9.96. The van der Waals surface area contributed by atoms with E-state index in [2.05, 4.69) is 29.6 Å². The summed E-state index contributed by atoms with van der Waals surface area (Å²) in [6.45, 7) is 0.864. The Labute approximate surface area is 97.7 Å². The molecule has 2 atom stereocenters. The van der Waals surface area contributed by atoms with E-state index in [1.165, 1.54) is 24.8 Å². The third-order valence-corrected chi connectivity index (χ3v) is 3.39. The Kier molecular flexibility index (Phi) is 4.37. The Bertz CT molecular complexity index is 299. The first-order chi connectivity index (χ1) is 7.86. The van der Waals surface area contributed by atoms with Crippen LogP contribution >= 0.6 is 0 Å². The fourth-order valence-corrected chi connectivity index (χ4v) is 2.37. The Morgan fingerprint density at radius 2 is 1.81 bits per heavy atom. The van der Waals surface area contributed by atoms with Crippen molar-refractivity contribution in [1.82, 2.24) is 5.32 Å². The maximum Gasteiger partial charge on any atom is 0.0693 e. The molecule has 2 nitrogen and oxygen atoms in total. The summed E-state index contributed by atoms with van der Waals surface area (Å²) >= 11 is 0. The molecule has 0 bridgehead atoms. The zero-order valence-electron chi connectivity index (χ0n) is 9.73. The highest BCUT2D eigenvalue weighted by atomic mass is 16.3. The molecular formula is C14H21NO. The fraction of sp³-hybridized carbons (Fsp3) is 0.571. The molecule has 2 heteroatoms. The van der Waals surface area contributed by atoms with Crippen LogP contribution in [0.25, 0.3) is 0 Å². The van der Waals surface area contributed by atoms with Gasteiger partial charge >= 0.3 is 0 Å². The summed E-state index contributed by atoms with van der Waals surface area (Å²) in [6.07, 6.45) is 5.57. The van der Waals surface area contributed by atoms with Crippen molar-refractivity contribution in [3.63, 3.8) is 0 Å². The van der Waals surface area contributed by atoms with Crippen LogP contribution in [0.2, 0.25) is 0 Å². The summed E-state index contributed by atoms with van der Waals surface area (Å²) in [6, 6.07) is 10.7. The molecule has 1 saturated carbocycles. The third-order valence-electron chi connectivity index (χ3n) is 3.39. The minimum Gasteiger partial charge on any atom is -0.392 e. The second kappa shape index (κ2) is 6.02. The summed E-state index contributed by atoms with van der Waals surface area (Å²) in [5.74, 6) is 0. The van der Waals surface area contributed by atoms with Crippen molar-refractivity contribution >= 4 is 0 Å². The molecule has 0 amide bonds. The quantitative estimate of drug-likeness (QED) is 0.765. The molecule has 0 aromatic heterocycles. The SMILES string of the molecule is O[C@@H]1CCCCC[C@H]1NCc1ccccc1. The zero-order valence-corrected chi connectivity index (χ0v) is 9.73. The number of benzene rings is 1. The molecule has 0 aliphatic heterocycles. The molecule has 1 aromatic carbocycles. The first-order valence-corrected chi connectivity index (χ1v) is 6.31. The topological polar surface area (TPSA) is 32.3 Å². The van der Waals surface area contributed by atoms with E-state index in [1.54, 1.807) is 0 Å². The lowest BCUT2D eigenvalue weighted by atomic mass is 10.1. The molecule has 0 radical (unpaired) electrons. The van der Waals surface area contributed by atoms with Crippen molar-refractivity contribution < 1.29 is 5.11 Å². The zero-order chi connectivity index (χ0) is 11.2. The van der Waals surface area contributed by atoms with Crippen LogP contribution in [0.4, 0.5) is 0 Å². The third kappa shape index (κ3) is 3.32. The van der Waals surface area contributed by atoms with Gasteiger partial charge in [-0.2, -0.15) is 0 Å². The number of aliphatic hydroxyl groups excluding tert-OH is 1. The number of hydrogen-bond acceptors (Lipinski definition) is 2. The van der Waals surface area contributed by atoms with Crippen molar-refractivity contribution in [3.8, 4) is 0 Å². The van der Waals surface area contributed by atoms with Crippen LogP contribution in [0.15, 0.2) is 30.3 Å². The average Bonchev–Trinajstić information content (AvgIpc) is 2.53. The Morgan fingerprint density at radius 1 is 1.06 bits per heavy atom. The fourth-order valence-electron chi connectivity index (χ4n) is 2.37. The highest BCUT2D eigenvalue weighted by molar-refractivity contribution is 5.14. The predicted octanol–water partition coefficient (Wildman–Crippen LogP) is 2.47. The molecule has 88 valence electrons. The van der Waals surface area contributed by atoms with Crippen molar-refractivity contribution in [3.05, 3.63) is 35.9 Å². The number of rotatable bonds is 3. The van der Waals surface area contributed by atoms with E-state index >= 15 is 0 Å². The van der Waals surface area contributed by atoms with E-state index in [1.807, 2.05) is 6.07 Å². The van der Waals surface area contributed by atoms with Gasteiger partial charge in [0.2, 0.25) is 0 Å². The van der Waals surface area contributed by atoms with Crippen LogP contribution in [-0.2, 0) is 6.54 Å². The standard InChI is InChI=1S/C14H21NO/c16-14-10-6-2-5-9-13(14)15-11-12-7-3-1-4-8-12/h1,3-4,7-8,13-16H,2,5-6,9-11H2/t13-,14-/m1/s1. The molecule has 1 aliphatic rings. The van der Waals surface area contributed by atoms with Crippen LogP contribution < -0.4 is 5.32 Å². The number of hydrogen-bond donors (Lipinski definition) is 2. The van der Waals surface area contributed by atoms with Crippen LogP contribution in [0.5, 0.6) is 0 Å². The molecule has 1 aromatic rings. The van der Waals surface area contributed by atoms with Gasteiger partial charge in [-0.15, -0.1) is 0 Å². The summed E-state index contributed by atoms with van der Waals surface area (Å²) in [5, 5.41) is 13.4. The van der Waals surface area contributed by atoms with Gasteiger partial charge in [-0.05, 0) is 18.4 Å². The Balaban J connectivity index is 1.84. The van der Waals surface area contributed by atoms with Crippen molar-refractivity contribution in [2.24, 2.45) is 0 Å². The van der Waals surface area contributed by atoms with Gasteiger partial charge in [0.05, 0.1) is 6.10 Å². The van der Waals surface area contributed by atoms with Gasteiger partial charge in [-0.3, -0.25) is 0 Å². The van der Waals surface area contributed by atoms with Crippen LogP contribution in [0.1, 0.15) is 37.7 Å². The number of nitrogens with one attached hydrogen (secondary N) is 1. The van der Waals surface area contributed by atoms with Crippen molar-refractivity contribution in [2.45, 2.75) is 50.8 Å². The average molecular weight is 219 g/mol. The van der Waals surface area contributed by atoms with Crippen molar-refractivity contribution in [1.29, 1.82) is 0 Å². The predicted molar refractivity (Wildman–Crippen MR) is 66.2 cm³/mol. The van der Waals surface area contributed by atoms with Gasteiger partial charge in [-0.25, -0.2) is 0 Å². The number of aliphatic hydroxyl groups is 1. The van der Waals surface area contributed by atoms with Crippen LogP contribution in [0, 0.1) is 0 Å². The minimum atomic E-state index is -0.161. The maximum atomic E-state index is 9.96. The summed E-state index contributed by atoms with van der Waals surface area (Å²) < 4.78 is 0. The van der Waals surface area contributed by atoms with Gasteiger partial charge in [0.15, 0.2) is 0 Å². The van der Waals surface area contributed by atoms with Gasteiger partial charge in [0.1, 0.15) is 0 Å². The Hall–Kier alpha value is -0.860. The lowest BCUT2D eigenvalue weighted by Crippen LogP contribution is -2.38. The molecule has 2 N–H and O–H groups in total. The normalized spacial score (nSPS) is 26.3. The monoisotopic (exact) mass is 219 g/mol. The van der Waals surface area contributed by atoms with Gasteiger partial charge < -0.3 is 10.4 Å². The molecule has 0 unspecified atom stereocenters. The van der Waals surface area contributed by atoms with E-state index < -0.39 is 0 Å². The molecule has 1 aliphatic carbocycles. The lowest BCUT2D eigenvalue weighted by molar-refractivity contribution is 0.119. The second-order valence-electron chi connectivity index (χ2n) is 4.68. The van der Waals surface area contributed by atoms with Gasteiger partial charge in [0, 0.05) is 12.6 Å². The molecular weight excluding hydrogens is 198 g/mol. The van der Waals surface area contributed by atoms with Crippen LogP contribution in [-0.4, -0.2) is 17.3 Å². The highest BCUT2D eigenvalue weighted by Gasteiger charge is 2.20. The Morgan fingerprint density at radius 3 is 2.62 bits per heavy atom. The van der Waals surface area contributed by atoms with Gasteiger partial charge in [-0.1, -0.05) is 49.6 Å².